The predicted octanol–water partition coefficient (Wildman–Crippen LogP) is 2.84. The molecule has 0 bridgehead atoms. The molecule has 1 aliphatic rings. The number of benzene rings is 1. The van der Waals surface area contributed by atoms with Crippen molar-refractivity contribution in [3.63, 3.8) is 0 Å². The molecule has 1 saturated heterocycles. The molecule has 1 unspecified atom stereocenters. The van der Waals surface area contributed by atoms with Crippen LogP contribution >= 0.6 is 0 Å². The number of nitrogens with one attached hydrogen (secondary N) is 1. The fraction of sp³-hybridized carbons (Fsp3) is 0.611. The summed E-state index contributed by atoms with van der Waals surface area (Å²) >= 11 is 0. The number of aryl methyl sites for hydroxylation is 1. The van der Waals surface area contributed by atoms with E-state index < -0.39 is 10.0 Å². The maximum absolute atomic E-state index is 12.2. The SMILES string of the molecule is CCCC1CCC(=O)N1CCCCNS(=O)(=O)c1ccc(C)cc1. The van der Waals surface area contributed by atoms with Gasteiger partial charge in [-0.3, -0.25) is 4.79 Å². The van der Waals surface area contributed by atoms with Crippen molar-refractivity contribution in [2.45, 2.75) is 63.3 Å². The highest BCUT2D eigenvalue weighted by Gasteiger charge is 2.29. The van der Waals surface area contributed by atoms with Gasteiger partial charge in [0.05, 0.1) is 4.90 Å². The first kappa shape index (κ1) is 18.9. The summed E-state index contributed by atoms with van der Waals surface area (Å²) in [6.07, 6.45) is 5.32. The van der Waals surface area contributed by atoms with Crippen LogP contribution in [-0.2, 0) is 14.8 Å². The number of rotatable bonds is 9. The molecular weight excluding hydrogens is 324 g/mol. The van der Waals surface area contributed by atoms with Crippen LogP contribution in [0.15, 0.2) is 29.2 Å². The Bertz CT molecular complexity index is 641. The van der Waals surface area contributed by atoms with E-state index in [0.29, 0.717) is 23.9 Å². The molecule has 0 saturated carbocycles. The summed E-state index contributed by atoms with van der Waals surface area (Å²) in [5.41, 5.74) is 1.03. The molecule has 0 aliphatic carbocycles. The zero-order valence-corrected chi connectivity index (χ0v) is 15.4. The third-order valence-electron chi connectivity index (χ3n) is 4.52. The Morgan fingerprint density at radius 3 is 2.58 bits per heavy atom. The first-order valence-corrected chi connectivity index (χ1v) is 10.3. The van der Waals surface area contributed by atoms with Gasteiger partial charge in [-0.1, -0.05) is 31.0 Å². The number of unbranched alkanes of at least 4 members (excludes halogenated alkanes) is 1. The molecule has 1 aromatic rings. The lowest BCUT2D eigenvalue weighted by Crippen LogP contribution is -2.34. The average molecular weight is 353 g/mol. The number of hydrogen-bond acceptors (Lipinski definition) is 3. The topological polar surface area (TPSA) is 66.5 Å². The van der Waals surface area contributed by atoms with Crippen LogP contribution in [0.25, 0.3) is 0 Å². The smallest absolute Gasteiger partial charge is 0.240 e. The van der Waals surface area contributed by atoms with E-state index in [1.165, 1.54) is 0 Å². The van der Waals surface area contributed by atoms with Crippen molar-refractivity contribution >= 4 is 15.9 Å². The molecule has 0 spiro atoms. The van der Waals surface area contributed by atoms with Crippen LogP contribution in [0.4, 0.5) is 0 Å². The molecule has 6 heteroatoms. The highest BCUT2D eigenvalue weighted by Crippen LogP contribution is 2.22. The van der Waals surface area contributed by atoms with E-state index in [1.54, 1.807) is 24.3 Å². The average Bonchev–Trinajstić information content (AvgIpc) is 2.88. The van der Waals surface area contributed by atoms with E-state index >= 15 is 0 Å². The minimum Gasteiger partial charge on any atom is -0.340 e. The molecule has 24 heavy (non-hydrogen) atoms. The minimum absolute atomic E-state index is 0.244. The largest absolute Gasteiger partial charge is 0.340 e. The monoisotopic (exact) mass is 352 g/mol. The van der Waals surface area contributed by atoms with Crippen LogP contribution in [0.2, 0.25) is 0 Å². The van der Waals surface area contributed by atoms with E-state index in [4.69, 9.17) is 0 Å². The van der Waals surface area contributed by atoms with E-state index in [1.807, 2.05) is 11.8 Å². The quantitative estimate of drug-likeness (QED) is 0.695. The van der Waals surface area contributed by atoms with Crippen LogP contribution < -0.4 is 4.72 Å². The number of carbonyl (C=O) groups is 1. The summed E-state index contributed by atoms with van der Waals surface area (Å²) < 4.78 is 27.0. The Hall–Kier alpha value is -1.40. The molecule has 1 N–H and O–H groups in total. The Kier molecular flexibility index (Phi) is 6.80. The molecule has 1 fully saturated rings. The Labute approximate surface area is 145 Å². The Morgan fingerprint density at radius 1 is 1.21 bits per heavy atom. The Balaban J connectivity index is 1.74. The fourth-order valence-corrected chi connectivity index (χ4v) is 4.22. The third kappa shape index (κ3) is 5.05. The van der Waals surface area contributed by atoms with Crippen molar-refractivity contribution in [1.82, 2.24) is 9.62 Å². The number of nitrogens with zero attached hydrogens (tertiary/aromatic N) is 1. The highest BCUT2D eigenvalue weighted by molar-refractivity contribution is 7.89. The summed E-state index contributed by atoms with van der Waals surface area (Å²) in [6.45, 7) is 5.20. The number of carbonyl (C=O) groups excluding carboxylic acids is 1. The zero-order chi connectivity index (χ0) is 17.6. The number of amides is 1. The van der Waals surface area contributed by atoms with Gasteiger partial charge in [-0.05, 0) is 44.7 Å². The van der Waals surface area contributed by atoms with Gasteiger partial charge in [-0.25, -0.2) is 13.1 Å². The molecule has 1 aliphatic heterocycles. The van der Waals surface area contributed by atoms with Gasteiger partial charge in [0.15, 0.2) is 0 Å². The first-order valence-electron chi connectivity index (χ1n) is 8.80. The van der Waals surface area contributed by atoms with Gasteiger partial charge in [0.25, 0.3) is 0 Å². The summed E-state index contributed by atoms with van der Waals surface area (Å²) in [7, 11) is -3.44. The first-order chi connectivity index (χ1) is 11.4. The van der Waals surface area contributed by atoms with Gasteiger partial charge >= 0.3 is 0 Å². The molecule has 0 radical (unpaired) electrons. The molecule has 5 nitrogen and oxygen atoms in total. The van der Waals surface area contributed by atoms with Crippen molar-refractivity contribution in [2.24, 2.45) is 0 Å². The second-order valence-corrected chi connectivity index (χ2v) is 8.25. The molecule has 134 valence electrons. The van der Waals surface area contributed by atoms with Gasteiger partial charge in [0, 0.05) is 25.6 Å². The van der Waals surface area contributed by atoms with Crippen molar-refractivity contribution in [3.8, 4) is 0 Å². The van der Waals surface area contributed by atoms with Crippen molar-refractivity contribution in [2.75, 3.05) is 13.1 Å². The normalized spacial score (nSPS) is 18.3. The van der Waals surface area contributed by atoms with E-state index in [2.05, 4.69) is 11.6 Å². The molecule has 1 heterocycles. The fourth-order valence-electron chi connectivity index (χ4n) is 3.15. The number of likely N-dealkylation sites (tertiary alicyclic amines) is 1. The van der Waals surface area contributed by atoms with Gasteiger partial charge in [-0.2, -0.15) is 0 Å². The van der Waals surface area contributed by atoms with Crippen LogP contribution in [0.1, 0.15) is 51.0 Å². The second kappa shape index (κ2) is 8.62. The van der Waals surface area contributed by atoms with Gasteiger partial charge in [-0.15, -0.1) is 0 Å². The second-order valence-electron chi connectivity index (χ2n) is 6.49. The molecular formula is C18H28N2O3S. The lowest BCUT2D eigenvalue weighted by atomic mass is 10.1. The summed E-state index contributed by atoms with van der Waals surface area (Å²) in [5.74, 6) is 0.244. The van der Waals surface area contributed by atoms with Gasteiger partial charge in [0.1, 0.15) is 0 Å². The van der Waals surface area contributed by atoms with E-state index in [-0.39, 0.29) is 5.91 Å². The molecule has 1 amide bonds. The van der Waals surface area contributed by atoms with Crippen LogP contribution in [0, 0.1) is 6.92 Å². The maximum Gasteiger partial charge on any atom is 0.240 e. The lowest BCUT2D eigenvalue weighted by molar-refractivity contribution is -0.129. The third-order valence-corrected chi connectivity index (χ3v) is 6.00. The molecule has 1 atom stereocenters. The van der Waals surface area contributed by atoms with Crippen LogP contribution in [0.5, 0.6) is 0 Å². The Morgan fingerprint density at radius 2 is 1.92 bits per heavy atom. The standard InChI is InChI=1S/C18H28N2O3S/c1-3-6-16-9-12-18(21)20(16)14-5-4-13-19-24(22,23)17-10-7-15(2)8-11-17/h7-8,10-11,16,19H,3-6,9,12-14H2,1-2H3. The molecule has 1 aromatic carbocycles. The summed E-state index contributed by atoms with van der Waals surface area (Å²) in [5, 5.41) is 0. The highest BCUT2D eigenvalue weighted by atomic mass is 32.2. The van der Waals surface area contributed by atoms with Gasteiger partial charge in [0.2, 0.25) is 15.9 Å². The number of hydrogen-bond donors (Lipinski definition) is 1. The van der Waals surface area contributed by atoms with Crippen LogP contribution in [0.3, 0.4) is 0 Å². The number of sulfonamides is 1. The van der Waals surface area contributed by atoms with Crippen LogP contribution in [-0.4, -0.2) is 38.4 Å². The van der Waals surface area contributed by atoms with Gasteiger partial charge < -0.3 is 4.90 Å². The van der Waals surface area contributed by atoms with Crippen molar-refractivity contribution < 1.29 is 13.2 Å². The van der Waals surface area contributed by atoms with E-state index in [9.17, 15) is 13.2 Å². The van der Waals surface area contributed by atoms with Crippen molar-refractivity contribution in [1.29, 1.82) is 0 Å². The summed E-state index contributed by atoms with van der Waals surface area (Å²) in [4.78, 5) is 14.2. The zero-order valence-electron chi connectivity index (χ0n) is 14.6. The lowest BCUT2D eigenvalue weighted by Gasteiger charge is -2.24. The van der Waals surface area contributed by atoms with E-state index in [0.717, 1.165) is 44.2 Å². The predicted molar refractivity (Wildman–Crippen MR) is 95.2 cm³/mol. The molecule has 2 rings (SSSR count). The molecule has 0 aromatic heterocycles. The minimum atomic E-state index is -3.44. The maximum atomic E-state index is 12.2. The van der Waals surface area contributed by atoms with Crippen molar-refractivity contribution in [3.05, 3.63) is 29.8 Å². The summed E-state index contributed by atoms with van der Waals surface area (Å²) in [6, 6.07) is 7.21.